The van der Waals surface area contributed by atoms with E-state index in [4.69, 9.17) is 34.0 Å². The fourth-order valence-corrected chi connectivity index (χ4v) is 5.55. The van der Waals surface area contributed by atoms with Gasteiger partial charge in [0, 0.05) is 49.1 Å². The number of aromatic nitrogens is 4. The van der Waals surface area contributed by atoms with Crippen LogP contribution in [0.2, 0.25) is 0 Å². The standard InChI is InChI=1S/C15H18N2O3.C10H10N2O2.C6H11BrO.CH2O3.2Cs/c1-19-15(18)14-12-4-2-3-5-13(12)17(16-14)10-11-6-8-20-9-7-11;1-2-14-10(13)9-7-5-3-4-6-8(7)11-12-9;7-5-6-1-3-8-4-2-6;2-1(3)4;;/h2-5,11H,6-10H2,1H3;3-6H,2H2,1H3,(H,11,12);6H,1-5H2;(H2,2,3,4);;/q;;;;2*+1/p-1. The molecule has 0 radical (unpaired) electrons. The van der Waals surface area contributed by atoms with Gasteiger partial charge in [0.15, 0.2) is 11.4 Å². The van der Waals surface area contributed by atoms with Crippen molar-refractivity contribution in [3.63, 3.8) is 0 Å². The number of para-hydroxylation sites is 2. The second-order valence-electron chi connectivity index (χ2n) is 10.4. The predicted octanol–water partition coefficient (Wildman–Crippen LogP) is -1.31. The summed E-state index contributed by atoms with van der Waals surface area (Å²) in [6, 6.07) is 15.2. The number of aromatic amines is 1. The number of carboxylic acid groups (broad SMARTS) is 2. The molecule has 13 nitrogen and oxygen atoms in total. The van der Waals surface area contributed by atoms with E-state index < -0.39 is 6.16 Å². The van der Waals surface area contributed by atoms with Gasteiger partial charge in [-0.25, -0.2) is 9.59 Å². The van der Waals surface area contributed by atoms with E-state index in [2.05, 4.69) is 31.2 Å². The molecule has 2 saturated heterocycles. The van der Waals surface area contributed by atoms with Crippen LogP contribution in [0.1, 0.15) is 53.6 Å². The van der Waals surface area contributed by atoms with Gasteiger partial charge in [-0.15, -0.1) is 0 Å². The van der Waals surface area contributed by atoms with E-state index in [1.807, 2.05) is 53.2 Å². The van der Waals surface area contributed by atoms with Crippen molar-refractivity contribution in [2.45, 2.75) is 39.2 Å². The van der Waals surface area contributed by atoms with Gasteiger partial charge in [0.2, 0.25) is 6.16 Å². The van der Waals surface area contributed by atoms with Crippen molar-refractivity contribution in [3.8, 4) is 0 Å². The van der Waals surface area contributed by atoms with Crippen molar-refractivity contribution in [1.29, 1.82) is 0 Å². The Kier molecular flexibility index (Phi) is 24.9. The van der Waals surface area contributed by atoms with Gasteiger partial charge < -0.3 is 34.0 Å². The maximum Gasteiger partial charge on any atom is 1.00 e. The Morgan fingerprint density at radius 1 is 0.917 bits per heavy atom. The molecule has 2 fully saturated rings. The quantitative estimate of drug-likeness (QED) is 0.174. The van der Waals surface area contributed by atoms with E-state index in [0.29, 0.717) is 23.9 Å². The van der Waals surface area contributed by atoms with Crippen molar-refractivity contribution in [1.82, 2.24) is 20.0 Å². The van der Waals surface area contributed by atoms with Gasteiger partial charge in [0.1, 0.15) is 0 Å². The number of H-pyrrole nitrogens is 1. The van der Waals surface area contributed by atoms with Crippen LogP contribution in [0.3, 0.4) is 0 Å². The summed E-state index contributed by atoms with van der Waals surface area (Å²) in [4.78, 5) is 31.7. The van der Waals surface area contributed by atoms with E-state index in [9.17, 15) is 9.59 Å². The molecule has 0 atom stereocenters. The van der Waals surface area contributed by atoms with E-state index >= 15 is 0 Å². The molecule has 0 amide bonds. The SMILES string of the molecule is BrCC1CCOCC1.CCOC(=O)c1n[nH]c2ccccc12.COC(=O)c1nn(CC2CCOCC2)c2ccccc12.O=C([O-])O.[Cs+].[Cs+]. The Hall–Kier alpha value is 0.0939. The number of esters is 2. The summed E-state index contributed by atoms with van der Waals surface area (Å²) in [7, 11) is 1.38. The molecule has 48 heavy (non-hydrogen) atoms. The number of alkyl halides is 1. The molecule has 16 heteroatoms. The molecule has 2 aromatic carbocycles. The van der Waals surface area contributed by atoms with Gasteiger partial charge in [-0.3, -0.25) is 9.78 Å². The van der Waals surface area contributed by atoms with Gasteiger partial charge in [0.25, 0.3) is 0 Å². The first-order valence-corrected chi connectivity index (χ1v) is 16.2. The molecule has 0 unspecified atom stereocenters. The first kappa shape index (κ1) is 46.1. The molecule has 2 aliphatic heterocycles. The number of hydrogen-bond donors (Lipinski definition) is 2. The summed E-state index contributed by atoms with van der Waals surface area (Å²) < 4.78 is 22.2. The Morgan fingerprint density at radius 2 is 1.46 bits per heavy atom. The van der Waals surface area contributed by atoms with Crippen LogP contribution < -0.4 is 143 Å². The van der Waals surface area contributed by atoms with Crippen LogP contribution in [0.15, 0.2) is 48.5 Å². The number of carbonyl (C=O) groups excluding carboxylic acids is 2. The maximum atomic E-state index is 11.8. The van der Waals surface area contributed by atoms with Crippen molar-refractivity contribution < 1.29 is 181 Å². The molecule has 0 spiro atoms. The number of halogens is 1. The van der Waals surface area contributed by atoms with E-state index in [0.717, 1.165) is 78.9 Å². The number of rotatable bonds is 6. The molecule has 4 heterocycles. The number of carbonyl (C=O) groups is 3. The Morgan fingerprint density at radius 3 is 2.00 bits per heavy atom. The van der Waals surface area contributed by atoms with Crippen molar-refractivity contribution in [2.24, 2.45) is 11.8 Å². The molecular weight excluding hydrogens is 930 g/mol. The average Bonchev–Trinajstić information content (AvgIpc) is 3.68. The predicted molar refractivity (Wildman–Crippen MR) is 172 cm³/mol. The van der Waals surface area contributed by atoms with Crippen LogP contribution in [0.5, 0.6) is 0 Å². The molecule has 2 aliphatic rings. The smallest absolute Gasteiger partial charge is 0.565 e. The number of benzene rings is 2. The fourth-order valence-electron chi connectivity index (χ4n) is 4.91. The molecule has 2 aromatic heterocycles. The number of hydrogen-bond acceptors (Lipinski definition) is 10. The van der Waals surface area contributed by atoms with Crippen LogP contribution in [0.25, 0.3) is 21.8 Å². The van der Waals surface area contributed by atoms with Crippen molar-refractivity contribution in [2.75, 3.05) is 45.5 Å². The third-order valence-corrected chi connectivity index (χ3v) is 8.22. The Labute approximate surface area is 405 Å². The molecule has 0 saturated carbocycles. The van der Waals surface area contributed by atoms with Gasteiger partial charge in [-0.2, -0.15) is 10.2 Å². The zero-order chi connectivity index (χ0) is 33.3. The third-order valence-electron chi connectivity index (χ3n) is 7.31. The number of ether oxygens (including phenoxy) is 4. The van der Waals surface area contributed by atoms with Crippen molar-refractivity contribution >= 4 is 55.8 Å². The van der Waals surface area contributed by atoms with Gasteiger partial charge in [-0.1, -0.05) is 52.3 Å². The Bertz CT molecular complexity index is 1540. The third kappa shape index (κ3) is 15.4. The molecule has 4 aromatic rings. The minimum atomic E-state index is -2.08. The average molecular weight is 970 g/mol. The van der Waals surface area contributed by atoms with Crippen LogP contribution in [0.4, 0.5) is 4.79 Å². The summed E-state index contributed by atoms with van der Waals surface area (Å²) in [5.41, 5.74) is 2.58. The van der Waals surface area contributed by atoms with Crippen LogP contribution in [0, 0.1) is 11.8 Å². The largest absolute Gasteiger partial charge is 1.00 e. The second kappa shape index (κ2) is 26.0. The van der Waals surface area contributed by atoms with Crippen LogP contribution in [-0.2, 0) is 25.5 Å². The number of fused-ring (bicyclic) bond motifs is 2. The number of nitrogens with one attached hydrogen (secondary N) is 1. The number of methoxy groups -OCH3 is 1. The zero-order valence-corrected chi connectivity index (χ0v) is 42.1. The minimum absolute atomic E-state index is 0. The number of nitrogens with zero attached hydrogens (tertiary/aromatic N) is 3. The van der Waals surface area contributed by atoms with E-state index in [-0.39, 0.29) is 150 Å². The molecule has 250 valence electrons. The van der Waals surface area contributed by atoms with Crippen LogP contribution in [-0.4, -0.2) is 88.7 Å². The molecule has 0 bridgehead atoms. The molecule has 6 rings (SSSR count). The topological polar surface area (TPSA) is 178 Å². The first-order valence-electron chi connectivity index (χ1n) is 15.0. The van der Waals surface area contributed by atoms with Gasteiger partial charge in [0.05, 0.1) is 24.8 Å². The maximum absolute atomic E-state index is 11.8. The van der Waals surface area contributed by atoms with E-state index in [1.165, 1.54) is 20.0 Å². The summed E-state index contributed by atoms with van der Waals surface area (Å²) in [6.45, 7) is 6.52. The second-order valence-corrected chi connectivity index (χ2v) is 11.1. The van der Waals surface area contributed by atoms with Crippen molar-refractivity contribution in [3.05, 3.63) is 59.9 Å². The van der Waals surface area contributed by atoms with E-state index in [1.54, 1.807) is 6.92 Å². The monoisotopic (exact) mass is 969 g/mol. The fraction of sp³-hybridized carbons (Fsp3) is 0.469. The molecular formula is C32H40BrCs2N4O9+. The normalized spacial score (nSPS) is 14.3. The molecule has 2 N–H and O–H groups in total. The summed E-state index contributed by atoms with van der Waals surface area (Å²) in [5, 5.41) is 29.3. The summed E-state index contributed by atoms with van der Waals surface area (Å²) >= 11 is 3.46. The minimum Gasteiger partial charge on any atom is -0.565 e. The Balaban J connectivity index is 0.000000359. The first-order chi connectivity index (χ1) is 22.3. The summed E-state index contributed by atoms with van der Waals surface area (Å²) in [6.07, 6.45) is 2.49. The van der Waals surface area contributed by atoms with Gasteiger partial charge >= 0.3 is 150 Å². The van der Waals surface area contributed by atoms with Crippen LogP contribution >= 0.6 is 15.9 Å². The van der Waals surface area contributed by atoms with Gasteiger partial charge in [-0.05, 0) is 56.6 Å². The molecule has 0 aliphatic carbocycles. The summed E-state index contributed by atoms with van der Waals surface area (Å²) in [5.74, 6) is 0.665. The zero-order valence-electron chi connectivity index (χ0n) is 28.0.